The summed E-state index contributed by atoms with van der Waals surface area (Å²) in [5.74, 6) is -0.996. The van der Waals surface area contributed by atoms with Crippen LogP contribution in [-0.2, 0) is 0 Å². The standard InChI is InChI=1S/C24H16FN5O2S/c1-14-12-19(31)22(29-30(14)18-8-4-2-6-16(18)25)23(32)28-21-11-10-15(13-26-21)24-27-17-7-3-5-9-20(17)33-24/h2-13H,1H3,(H,26,28,32). The Morgan fingerprint density at radius 3 is 2.61 bits per heavy atom. The molecular formula is C24H16FN5O2S. The average Bonchev–Trinajstić information content (AvgIpc) is 3.25. The second kappa shape index (κ2) is 8.36. The second-order valence-corrected chi connectivity index (χ2v) is 8.27. The van der Waals surface area contributed by atoms with Crippen molar-refractivity contribution in [3.05, 3.63) is 100 Å². The van der Waals surface area contributed by atoms with Crippen molar-refractivity contribution < 1.29 is 9.18 Å². The molecule has 1 amide bonds. The van der Waals surface area contributed by atoms with Gasteiger partial charge in [0.15, 0.2) is 5.69 Å². The molecular weight excluding hydrogens is 441 g/mol. The molecule has 0 saturated carbocycles. The molecule has 0 aliphatic carbocycles. The number of carbonyl (C=O) groups is 1. The van der Waals surface area contributed by atoms with Crippen molar-refractivity contribution in [3.63, 3.8) is 0 Å². The first kappa shape index (κ1) is 20.7. The number of aromatic nitrogens is 4. The highest BCUT2D eigenvalue weighted by Gasteiger charge is 2.17. The number of carbonyl (C=O) groups excluding carboxylic acids is 1. The molecule has 0 radical (unpaired) electrons. The van der Waals surface area contributed by atoms with Gasteiger partial charge in [-0.25, -0.2) is 19.0 Å². The summed E-state index contributed by atoms with van der Waals surface area (Å²) in [5, 5.41) is 7.50. The number of para-hydroxylation sites is 2. The number of thiazole rings is 1. The van der Waals surface area contributed by atoms with Crippen LogP contribution in [0.5, 0.6) is 0 Å². The number of hydrogen-bond donors (Lipinski definition) is 1. The van der Waals surface area contributed by atoms with E-state index in [0.29, 0.717) is 5.69 Å². The van der Waals surface area contributed by atoms with E-state index in [1.807, 2.05) is 24.3 Å². The minimum absolute atomic E-state index is 0.141. The quantitative estimate of drug-likeness (QED) is 0.426. The van der Waals surface area contributed by atoms with Crippen LogP contribution in [0.1, 0.15) is 16.2 Å². The zero-order valence-corrected chi connectivity index (χ0v) is 18.1. The van der Waals surface area contributed by atoms with Gasteiger partial charge in [0.2, 0.25) is 5.43 Å². The summed E-state index contributed by atoms with van der Waals surface area (Å²) in [4.78, 5) is 34.0. The largest absolute Gasteiger partial charge is 0.305 e. The zero-order valence-electron chi connectivity index (χ0n) is 17.3. The highest BCUT2D eigenvalue weighted by molar-refractivity contribution is 7.21. The van der Waals surface area contributed by atoms with Gasteiger partial charge in [-0.2, -0.15) is 5.10 Å². The van der Waals surface area contributed by atoms with Gasteiger partial charge < -0.3 is 5.32 Å². The van der Waals surface area contributed by atoms with Gasteiger partial charge in [-0.1, -0.05) is 24.3 Å². The number of benzene rings is 2. The average molecular weight is 457 g/mol. The monoisotopic (exact) mass is 457 g/mol. The highest BCUT2D eigenvalue weighted by Crippen LogP contribution is 2.29. The van der Waals surface area contributed by atoms with Crippen molar-refractivity contribution in [2.45, 2.75) is 6.92 Å². The summed E-state index contributed by atoms with van der Waals surface area (Å²) in [5.41, 5.74) is 1.34. The third kappa shape index (κ3) is 4.01. The van der Waals surface area contributed by atoms with Gasteiger partial charge in [0.1, 0.15) is 22.3 Å². The van der Waals surface area contributed by atoms with Crippen molar-refractivity contribution in [3.8, 4) is 16.3 Å². The summed E-state index contributed by atoms with van der Waals surface area (Å²) in [7, 11) is 0. The van der Waals surface area contributed by atoms with Crippen LogP contribution in [0.25, 0.3) is 26.5 Å². The summed E-state index contributed by atoms with van der Waals surface area (Å²) >= 11 is 1.55. The van der Waals surface area contributed by atoms with Crippen molar-refractivity contribution >= 4 is 33.3 Å². The number of fused-ring (bicyclic) bond motifs is 1. The minimum Gasteiger partial charge on any atom is -0.305 e. The third-order valence-corrected chi connectivity index (χ3v) is 6.03. The van der Waals surface area contributed by atoms with E-state index in [9.17, 15) is 14.0 Å². The van der Waals surface area contributed by atoms with Gasteiger partial charge in [-0.05, 0) is 43.3 Å². The number of aryl methyl sites for hydroxylation is 1. The topological polar surface area (TPSA) is 89.8 Å². The van der Waals surface area contributed by atoms with Gasteiger partial charge in [-0.15, -0.1) is 11.3 Å². The van der Waals surface area contributed by atoms with Crippen LogP contribution < -0.4 is 10.7 Å². The van der Waals surface area contributed by atoms with Gasteiger partial charge in [0, 0.05) is 23.5 Å². The molecule has 0 spiro atoms. The summed E-state index contributed by atoms with van der Waals surface area (Å²) in [6, 6.07) is 18.5. The molecule has 0 saturated heterocycles. The Balaban J connectivity index is 1.41. The van der Waals surface area contributed by atoms with Crippen molar-refractivity contribution in [1.82, 2.24) is 19.7 Å². The van der Waals surface area contributed by atoms with Gasteiger partial charge in [-0.3, -0.25) is 9.59 Å². The molecule has 2 aromatic carbocycles. The lowest BCUT2D eigenvalue weighted by Gasteiger charge is -2.12. The first-order chi connectivity index (χ1) is 16.0. The fraction of sp³-hybridized carbons (Fsp3) is 0.0417. The molecule has 33 heavy (non-hydrogen) atoms. The smallest absolute Gasteiger partial charge is 0.281 e. The van der Waals surface area contributed by atoms with E-state index in [0.717, 1.165) is 20.8 Å². The molecule has 0 aliphatic heterocycles. The molecule has 3 aromatic heterocycles. The molecule has 162 valence electrons. The predicted molar refractivity (Wildman–Crippen MR) is 125 cm³/mol. The summed E-state index contributed by atoms with van der Waals surface area (Å²) < 4.78 is 16.5. The molecule has 9 heteroatoms. The van der Waals surface area contributed by atoms with Crippen LogP contribution in [0.15, 0.2) is 77.7 Å². The van der Waals surface area contributed by atoms with Crippen LogP contribution in [0.2, 0.25) is 0 Å². The number of anilines is 1. The van der Waals surface area contributed by atoms with Gasteiger partial charge in [0.25, 0.3) is 5.91 Å². The van der Waals surface area contributed by atoms with E-state index < -0.39 is 17.2 Å². The van der Waals surface area contributed by atoms with Crippen LogP contribution in [0.4, 0.5) is 10.2 Å². The third-order valence-electron chi connectivity index (χ3n) is 4.95. The molecule has 0 fully saturated rings. The lowest BCUT2D eigenvalue weighted by Crippen LogP contribution is -2.27. The van der Waals surface area contributed by atoms with E-state index in [1.165, 1.54) is 22.9 Å². The molecule has 5 rings (SSSR count). The Bertz CT molecular complexity index is 1530. The maximum absolute atomic E-state index is 14.2. The number of nitrogens with one attached hydrogen (secondary N) is 1. The van der Waals surface area contributed by atoms with Gasteiger partial charge in [0.05, 0.1) is 10.2 Å². The Kier molecular flexibility index (Phi) is 5.23. The second-order valence-electron chi connectivity index (χ2n) is 7.23. The SMILES string of the molecule is Cc1cc(=O)c(C(=O)Nc2ccc(-c3nc4ccccc4s3)cn2)nn1-c1ccccc1F. The first-order valence-electron chi connectivity index (χ1n) is 9.99. The van der Waals surface area contributed by atoms with E-state index in [1.54, 1.807) is 48.7 Å². The van der Waals surface area contributed by atoms with Crippen LogP contribution in [0.3, 0.4) is 0 Å². The lowest BCUT2D eigenvalue weighted by molar-refractivity contribution is 0.101. The molecule has 0 unspecified atom stereocenters. The molecule has 7 nitrogen and oxygen atoms in total. The molecule has 0 bridgehead atoms. The fourth-order valence-electron chi connectivity index (χ4n) is 3.34. The van der Waals surface area contributed by atoms with E-state index in [-0.39, 0.29) is 17.2 Å². The maximum Gasteiger partial charge on any atom is 0.281 e. The van der Waals surface area contributed by atoms with Crippen molar-refractivity contribution in [2.75, 3.05) is 5.32 Å². The van der Waals surface area contributed by atoms with Gasteiger partial charge >= 0.3 is 0 Å². The fourth-order valence-corrected chi connectivity index (χ4v) is 4.29. The lowest BCUT2D eigenvalue weighted by atomic mass is 10.2. The van der Waals surface area contributed by atoms with Crippen LogP contribution in [0, 0.1) is 12.7 Å². The number of pyridine rings is 1. The van der Waals surface area contributed by atoms with Crippen molar-refractivity contribution in [2.24, 2.45) is 0 Å². The summed E-state index contributed by atoms with van der Waals surface area (Å²) in [6.45, 7) is 1.62. The molecule has 3 heterocycles. The number of halogens is 1. The van der Waals surface area contributed by atoms with Crippen LogP contribution >= 0.6 is 11.3 Å². The maximum atomic E-state index is 14.2. The molecule has 5 aromatic rings. The highest BCUT2D eigenvalue weighted by atomic mass is 32.1. The normalized spacial score (nSPS) is 11.0. The number of nitrogens with zero attached hydrogens (tertiary/aromatic N) is 4. The predicted octanol–water partition coefficient (Wildman–Crippen LogP) is 4.60. The first-order valence-corrected chi connectivity index (χ1v) is 10.8. The number of rotatable bonds is 4. The van der Waals surface area contributed by atoms with Crippen molar-refractivity contribution in [1.29, 1.82) is 0 Å². The number of hydrogen-bond acceptors (Lipinski definition) is 6. The Hall–Kier alpha value is -4.24. The summed E-state index contributed by atoms with van der Waals surface area (Å²) in [6.07, 6.45) is 1.60. The zero-order chi connectivity index (χ0) is 22.9. The number of amides is 1. The van der Waals surface area contributed by atoms with Crippen LogP contribution in [-0.4, -0.2) is 25.7 Å². The minimum atomic E-state index is -0.731. The van der Waals surface area contributed by atoms with E-state index in [2.05, 4.69) is 20.4 Å². The van der Waals surface area contributed by atoms with E-state index in [4.69, 9.17) is 0 Å². The Labute approximate surface area is 191 Å². The van der Waals surface area contributed by atoms with E-state index >= 15 is 0 Å². The Morgan fingerprint density at radius 1 is 1.06 bits per heavy atom. The molecule has 0 atom stereocenters. The molecule has 0 aliphatic rings. The molecule has 1 N–H and O–H groups in total. The Morgan fingerprint density at radius 2 is 1.85 bits per heavy atom.